The number of rotatable bonds is 4. The van der Waals surface area contributed by atoms with Crippen LogP contribution in [0.3, 0.4) is 0 Å². The molecule has 29 heavy (non-hydrogen) atoms. The van der Waals surface area contributed by atoms with Crippen molar-refractivity contribution in [2.45, 2.75) is 6.04 Å². The molecule has 1 heterocycles. The number of carboxylic acid groups (broad SMARTS) is 2. The van der Waals surface area contributed by atoms with Crippen LogP contribution in [0.4, 0.5) is 11.4 Å². The minimum absolute atomic E-state index is 0.143. The van der Waals surface area contributed by atoms with Crippen molar-refractivity contribution in [2.24, 2.45) is 0 Å². The number of aliphatic carboxylic acids is 2. The van der Waals surface area contributed by atoms with Crippen molar-refractivity contribution >= 4 is 39.7 Å². The van der Waals surface area contributed by atoms with Gasteiger partial charge in [-0.25, -0.2) is 9.59 Å². The van der Waals surface area contributed by atoms with E-state index >= 15 is 0 Å². The molecule has 1 aliphatic heterocycles. The molecular formula is C21H14N2O6. The lowest BCUT2D eigenvalue weighted by Crippen LogP contribution is -2.27. The zero-order chi connectivity index (χ0) is 20.7. The second-order valence-electron chi connectivity index (χ2n) is 6.53. The van der Waals surface area contributed by atoms with Gasteiger partial charge in [0.1, 0.15) is 0 Å². The van der Waals surface area contributed by atoms with Crippen molar-refractivity contribution in [1.82, 2.24) is 0 Å². The number of hydrogen-bond donors (Lipinski definition) is 3. The first-order valence-electron chi connectivity index (χ1n) is 8.62. The highest BCUT2D eigenvalue weighted by Gasteiger charge is 2.36. The van der Waals surface area contributed by atoms with E-state index in [2.05, 4.69) is 5.32 Å². The lowest BCUT2D eigenvalue weighted by atomic mass is 9.84. The van der Waals surface area contributed by atoms with Gasteiger partial charge in [-0.3, -0.25) is 10.1 Å². The number of nitrogens with zero attached hydrogens (tertiary/aromatic N) is 1. The normalized spacial score (nSPS) is 15.5. The van der Waals surface area contributed by atoms with Crippen molar-refractivity contribution in [3.05, 3.63) is 87.5 Å². The Morgan fingerprint density at radius 2 is 1.62 bits per heavy atom. The Morgan fingerprint density at radius 3 is 2.24 bits per heavy atom. The third-order valence-corrected chi connectivity index (χ3v) is 4.92. The van der Waals surface area contributed by atoms with Gasteiger partial charge in [-0.1, -0.05) is 30.3 Å². The fourth-order valence-electron chi connectivity index (χ4n) is 3.66. The molecular weight excluding hydrogens is 376 g/mol. The van der Waals surface area contributed by atoms with Crippen LogP contribution < -0.4 is 5.32 Å². The maximum Gasteiger partial charge on any atom is 0.337 e. The van der Waals surface area contributed by atoms with Gasteiger partial charge in [0, 0.05) is 23.4 Å². The van der Waals surface area contributed by atoms with Crippen molar-refractivity contribution in [3.8, 4) is 0 Å². The van der Waals surface area contributed by atoms with Crippen LogP contribution in [0.2, 0.25) is 0 Å². The number of fused-ring (bicyclic) bond motifs is 3. The van der Waals surface area contributed by atoms with E-state index in [1.54, 1.807) is 18.2 Å². The number of nitro groups is 1. The minimum Gasteiger partial charge on any atom is -0.478 e. The molecule has 0 aliphatic carbocycles. The molecule has 1 unspecified atom stereocenters. The van der Waals surface area contributed by atoms with Crippen molar-refractivity contribution in [2.75, 3.05) is 5.32 Å². The molecule has 4 rings (SSSR count). The summed E-state index contributed by atoms with van der Waals surface area (Å²) in [6.45, 7) is 0. The smallest absolute Gasteiger partial charge is 0.337 e. The van der Waals surface area contributed by atoms with Crippen molar-refractivity contribution in [1.29, 1.82) is 0 Å². The summed E-state index contributed by atoms with van der Waals surface area (Å²) in [5.74, 6) is -2.73. The average molecular weight is 390 g/mol. The van der Waals surface area contributed by atoms with Crippen LogP contribution in [-0.4, -0.2) is 27.1 Å². The molecule has 0 aromatic heterocycles. The minimum atomic E-state index is -1.38. The van der Waals surface area contributed by atoms with Gasteiger partial charge in [0.25, 0.3) is 5.69 Å². The number of anilines is 1. The van der Waals surface area contributed by atoms with Gasteiger partial charge >= 0.3 is 11.9 Å². The molecule has 0 amide bonds. The first-order chi connectivity index (χ1) is 13.9. The molecule has 0 radical (unpaired) electrons. The largest absolute Gasteiger partial charge is 0.478 e. The number of non-ortho nitro benzene ring substituents is 1. The summed E-state index contributed by atoms with van der Waals surface area (Å²) in [5, 5.41) is 35.2. The van der Waals surface area contributed by atoms with Crippen molar-refractivity contribution < 1.29 is 24.7 Å². The van der Waals surface area contributed by atoms with Crippen LogP contribution in [0.5, 0.6) is 0 Å². The average Bonchev–Trinajstić information content (AvgIpc) is 2.71. The molecule has 8 heteroatoms. The molecule has 8 nitrogen and oxygen atoms in total. The van der Waals surface area contributed by atoms with E-state index in [0.717, 1.165) is 5.39 Å². The third kappa shape index (κ3) is 2.96. The molecule has 144 valence electrons. The first kappa shape index (κ1) is 18.2. The van der Waals surface area contributed by atoms with Crippen LogP contribution in [-0.2, 0) is 9.59 Å². The predicted octanol–water partition coefficient (Wildman–Crippen LogP) is 3.84. The summed E-state index contributed by atoms with van der Waals surface area (Å²) in [7, 11) is 0. The number of nitro benzene ring substituents is 1. The van der Waals surface area contributed by atoms with Gasteiger partial charge in [0.15, 0.2) is 0 Å². The van der Waals surface area contributed by atoms with Crippen LogP contribution in [0.25, 0.3) is 16.3 Å². The number of carbonyl (C=O) groups is 2. The van der Waals surface area contributed by atoms with Crippen LogP contribution in [0, 0.1) is 10.1 Å². The van der Waals surface area contributed by atoms with Crippen LogP contribution in [0.1, 0.15) is 17.2 Å². The van der Waals surface area contributed by atoms with E-state index in [1.807, 2.05) is 18.2 Å². The van der Waals surface area contributed by atoms with E-state index < -0.39 is 22.9 Å². The van der Waals surface area contributed by atoms with E-state index in [1.165, 1.54) is 24.3 Å². The highest BCUT2D eigenvalue weighted by Crippen LogP contribution is 2.44. The summed E-state index contributed by atoms with van der Waals surface area (Å²) >= 11 is 0. The zero-order valence-electron chi connectivity index (χ0n) is 14.8. The number of carboxylic acids is 2. The Kier molecular flexibility index (Phi) is 4.23. The van der Waals surface area contributed by atoms with Gasteiger partial charge < -0.3 is 15.5 Å². The highest BCUT2D eigenvalue weighted by molar-refractivity contribution is 6.27. The Bertz CT molecular complexity index is 1210. The maximum absolute atomic E-state index is 12.2. The Hall–Kier alpha value is -4.20. The Balaban J connectivity index is 1.99. The summed E-state index contributed by atoms with van der Waals surface area (Å²) < 4.78 is 0. The van der Waals surface area contributed by atoms with Gasteiger partial charge in [0.05, 0.1) is 22.1 Å². The molecule has 0 spiro atoms. The molecule has 0 saturated carbocycles. The summed E-state index contributed by atoms with van der Waals surface area (Å²) in [5.41, 5.74) is 0.433. The van der Waals surface area contributed by atoms with E-state index in [9.17, 15) is 29.9 Å². The fourth-order valence-corrected chi connectivity index (χ4v) is 3.66. The Labute approximate surface area is 163 Å². The lowest BCUT2D eigenvalue weighted by molar-refractivity contribution is -0.384. The fraction of sp³-hybridized carbons (Fsp3) is 0.0476. The maximum atomic E-state index is 12.2. The molecule has 3 aromatic carbocycles. The molecule has 1 aliphatic rings. The zero-order valence-corrected chi connectivity index (χ0v) is 14.8. The van der Waals surface area contributed by atoms with Gasteiger partial charge in [0.2, 0.25) is 0 Å². The monoisotopic (exact) mass is 390 g/mol. The number of nitrogens with one attached hydrogen (secondary N) is 1. The molecule has 0 fully saturated rings. The number of hydrogen-bond acceptors (Lipinski definition) is 5. The molecule has 1 atom stereocenters. The summed E-state index contributed by atoms with van der Waals surface area (Å²) in [6, 6.07) is 15.0. The van der Waals surface area contributed by atoms with E-state index in [-0.39, 0.29) is 16.8 Å². The van der Waals surface area contributed by atoms with Gasteiger partial charge in [-0.15, -0.1) is 0 Å². The van der Waals surface area contributed by atoms with Crippen LogP contribution in [0.15, 0.2) is 66.2 Å². The Morgan fingerprint density at radius 1 is 0.931 bits per heavy atom. The third-order valence-electron chi connectivity index (χ3n) is 4.92. The standard InChI is InChI=1S/C21H14N2O6/c24-20(25)17-16-14-4-2-1-3-11(14)7-10-15(16)22-19(18(17)21(26)27)12-5-8-13(9-6-12)23(28)29/h1-10,19,22H,(H,24,25)(H,26,27). The van der Waals surface area contributed by atoms with E-state index in [0.29, 0.717) is 22.2 Å². The summed E-state index contributed by atoms with van der Waals surface area (Å²) in [4.78, 5) is 34.6. The predicted molar refractivity (Wildman–Crippen MR) is 106 cm³/mol. The van der Waals surface area contributed by atoms with Crippen LogP contribution >= 0.6 is 0 Å². The van der Waals surface area contributed by atoms with Gasteiger partial charge in [-0.05, 0) is 34.5 Å². The highest BCUT2D eigenvalue weighted by atomic mass is 16.6. The topological polar surface area (TPSA) is 130 Å². The molecule has 3 aromatic rings. The first-order valence-corrected chi connectivity index (χ1v) is 8.62. The molecule has 3 N–H and O–H groups in total. The quantitative estimate of drug-likeness (QED) is 0.456. The number of benzene rings is 3. The summed E-state index contributed by atoms with van der Waals surface area (Å²) in [6.07, 6.45) is 0. The molecule has 0 saturated heterocycles. The SMILES string of the molecule is O=C(O)C1=C(C(=O)O)C(c2ccc([N+](=O)[O-])cc2)Nc2ccc3ccccc3c21. The van der Waals surface area contributed by atoms with E-state index in [4.69, 9.17) is 0 Å². The molecule has 0 bridgehead atoms. The second-order valence-corrected chi connectivity index (χ2v) is 6.53. The lowest BCUT2D eigenvalue weighted by Gasteiger charge is -2.30. The second kappa shape index (κ2) is 6.75. The van der Waals surface area contributed by atoms with Crippen molar-refractivity contribution in [3.63, 3.8) is 0 Å². The van der Waals surface area contributed by atoms with Gasteiger partial charge in [-0.2, -0.15) is 0 Å².